The van der Waals surface area contributed by atoms with E-state index in [1.807, 2.05) is 29.2 Å². The maximum Gasteiger partial charge on any atom is 0.249 e. The summed E-state index contributed by atoms with van der Waals surface area (Å²) >= 11 is 0. The van der Waals surface area contributed by atoms with E-state index >= 15 is 0 Å². The van der Waals surface area contributed by atoms with Gasteiger partial charge in [0, 0.05) is 18.5 Å². The molecule has 7 heteroatoms. The molecule has 1 aliphatic rings. The molecule has 0 aliphatic carbocycles. The summed E-state index contributed by atoms with van der Waals surface area (Å²) < 4.78 is 23.7. The number of hydrogen-bond donors (Lipinski definition) is 0. The lowest BCUT2D eigenvalue weighted by atomic mass is 10.1. The van der Waals surface area contributed by atoms with Crippen LogP contribution in [-0.2, 0) is 11.2 Å². The minimum atomic E-state index is -0.318. The molecular formula is C22H22FN3O3. The van der Waals surface area contributed by atoms with Gasteiger partial charge in [0.1, 0.15) is 17.6 Å². The van der Waals surface area contributed by atoms with E-state index in [2.05, 4.69) is 10.1 Å². The van der Waals surface area contributed by atoms with E-state index in [0.29, 0.717) is 36.7 Å². The van der Waals surface area contributed by atoms with E-state index in [1.165, 1.54) is 12.1 Å². The van der Waals surface area contributed by atoms with Gasteiger partial charge in [-0.1, -0.05) is 17.3 Å². The number of aryl methyl sites for hydroxylation is 1. The van der Waals surface area contributed by atoms with Gasteiger partial charge in [-0.05, 0) is 61.2 Å². The number of benzene rings is 2. The van der Waals surface area contributed by atoms with Crippen molar-refractivity contribution in [3.05, 3.63) is 65.8 Å². The predicted octanol–water partition coefficient (Wildman–Crippen LogP) is 4.18. The maximum atomic E-state index is 13.1. The molecule has 1 aliphatic heterocycles. The Balaban J connectivity index is 1.41. The lowest BCUT2D eigenvalue weighted by Crippen LogP contribution is -2.30. The van der Waals surface area contributed by atoms with Gasteiger partial charge in [0.25, 0.3) is 0 Å². The first-order chi connectivity index (χ1) is 14.1. The molecule has 0 spiro atoms. The van der Waals surface area contributed by atoms with Gasteiger partial charge in [-0.25, -0.2) is 4.39 Å². The Morgan fingerprint density at radius 1 is 1.21 bits per heavy atom. The van der Waals surface area contributed by atoms with Crippen molar-refractivity contribution in [3.63, 3.8) is 0 Å². The molecule has 4 rings (SSSR count). The number of carbonyl (C=O) groups is 1. The second kappa shape index (κ2) is 8.43. The summed E-state index contributed by atoms with van der Waals surface area (Å²) in [6.07, 6.45) is 2.77. The lowest BCUT2D eigenvalue weighted by molar-refractivity contribution is -0.132. The second-order valence-electron chi connectivity index (χ2n) is 7.06. The molecule has 0 unspecified atom stereocenters. The maximum absolute atomic E-state index is 13.1. The van der Waals surface area contributed by atoms with Crippen LogP contribution < -0.4 is 4.74 Å². The minimum Gasteiger partial charge on any atom is -0.497 e. The first-order valence-corrected chi connectivity index (χ1v) is 9.66. The summed E-state index contributed by atoms with van der Waals surface area (Å²) in [7, 11) is 1.63. The van der Waals surface area contributed by atoms with Crippen molar-refractivity contribution >= 4 is 5.91 Å². The number of halogens is 1. The van der Waals surface area contributed by atoms with E-state index in [-0.39, 0.29) is 17.8 Å². The van der Waals surface area contributed by atoms with Crippen molar-refractivity contribution in [2.75, 3.05) is 13.7 Å². The zero-order chi connectivity index (χ0) is 20.2. The fourth-order valence-electron chi connectivity index (χ4n) is 3.60. The van der Waals surface area contributed by atoms with Crippen molar-refractivity contribution in [3.8, 4) is 17.1 Å². The van der Waals surface area contributed by atoms with Gasteiger partial charge in [0.15, 0.2) is 0 Å². The molecule has 2 aromatic carbocycles. The Labute approximate surface area is 168 Å². The fraction of sp³-hybridized carbons (Fsp3) is 0.318. The summed E-state index contributed by atoms with van der Waals surface area (Å²) in [5.74, 6) is 1.39. The van der Waals surface area contributed by atoms with Crippen molar-refractivity contribution in [2.24, 2.45) is 0 Å². The minimum absolute atomic E-state index is 0.0739. The summed E-state index contributed by atoms with van der Waals surface area (Å²) in [4.78, 5) is 19.1. The van der Waals surface area contributed by atoms with Crippen molar-refractivity contribution in [1.29, 1.82) is 0 Å². The zero-order valence-electron chi connectivity index (χ0n) is 16.2. The van der Waals surface area contributed by atoms with Gasteiger partial charge >= 0.3 is 0 Å². The molecule has 1 saturated heterocycles. The molecule has 0 radical (unpaired) electrons. The number of amides is 1. The third-order valence-electron chi connectivity index (χ3n) is 5.19. The average Bonchev–Trinajstić information content (AvgIpc) is 3.42. The molecule has 0 saturated carbocycles. The predicted molar refractivity (Wildman–Crippen MR) is 105 cm³/mol. The van der Waals surface area contributed by atoms with Crippen LogP contribution in [-0.4, -0.2) is 34.6 Å². The summed E-state index contributed by atoms with van der Waals surface area (Å²) in [6.45, 7) is 0.681. The molecule has 6 nitrogen and oxygen atoms in total. The molecule has 2 heterocycles. The highest BCUT2D eigenvalue weighted by Crippen LogP contribution is 2.32. The smallest absolute Gasteiger partial charge is 0.249 e. The Kier molecular flexibility index (Phi) is 5.55. The number of methoxy groups -OCH3 is 1. The van der Waals surface area contributed by atoms with E-state index in [4.69, 9.17) is 9.26 Å². The van der Waals surface area contributed by atoms with E-state index in [1.54, 1.807) is 19.2 Å². The Hall–Kier alpha value is -3.22. The van der Waals surface area contributed by atoms with E-state index < -0.39 is 0 Å². The van der Waals surface area contributed by atoms with Gasteiger partial charge < -0.3 is 14.2 Å². The molecule has 1 atom stereocenters. The fourth-order valence-corrected chi connectivity index (χ4v) is 3.60. The number of carbonyl (C=O) groups excluding carboxylic acids is 1. The van der Waals surface area contributed by atoms with Gasteiger partial charge in [0.2, 0.25) is 17.6 Å². The van der Waals surface area contributed by atoms with Gasteiger partial charge in [-0.3, -0.25) is 4.79 Å². The van der Waals surface area contributed by atoms with E-state index in [9.17, 15) is 9.18 Å². The SMILES string of the molecule is COc1ccc(CCC(=O)N2CCC[C@@H]2c2nc(-c3ccc(F)cc3)no2)cc1. The third-order valence-corrected chi connectivity index (χ3v) is 5.19. The molecule has 1 aromatic heterocycles. The normalized spacial score (nSPS) is 16.2. The van der Waals surface area contributed by atoms with Crippen molar-refractivity contribution < 1.29 is 18.4 Å². The topological polar surface area (TPSA) is 68.5 Å². The average molecular weight is 395 g/mol. The van der Waals surface area contributed by atoms with Crippen LogP contribution in [0.1, 0.15) is 36.8 Å². The second-order valence-corrected chi connectivity index (χ2v) is 7.06. The first kappa shape index (κ1) is 19.1. The van der Waals surface area contributed by atoms with Crippen molar-refractivity contribution in [1.82, 2.24) is 15.0 Å². The molecule has 1 amide bonds. The molecule has 150 valence electrons. The number of hydrogen-bond acceptors (Lipinski definition) is 5. The highest BCUT2D eigenvalue weighted by atomic mass is 19.1. The monoisotopic (exact) mass is 395 g/mol. The largest absolute Gasteiger partial charge is 0.497 e. The summed E-state index contributed by atoms with van der Waals surface area (Å²) in [6, 6.07) is 13.5. The molecule has 29 heavy (non-hydrogen) atoms. The highest BCUT2D eigenvalue weighted by Gasteiger charge is 2.33. The number of likely N-dealkylation sites (tertiary alicyclic amines) is 1. The highest BCUT2D eigenvalue weighted by molar-refractivity contribution is 5.77. The van der Waals surface area contributed by atoms with Crippen LogP contribution in [0.25, 0.3) is 11.4 Å². The van der Waals surface area contributed by atoms with Crippen LogP contribution >= 0.6 is 0 Å². The lowest BCUT2D eigenvalue weighted by Gasteiger charge is -2.21. The number of aromatic nitrogens is 2. The summed E-state index contributed by atoms with van der Waals surface area (Å²) in [5.41, 5.74) is 1.77. The van der Waals surface area contributed by atoms with Gasteiger partial charge in [0.05, 0.1) is 7.11 Å². The Morgan fingerprint density at radius 2 is 1.97 bits per heavy atom. The van der Waals surface area contributed by atoms with Crippen LogP contribution in [0.5, 0.6) is 5.75 Å². The van der Waals surface area contributed by atoms with Crippen LogP contribution in [0.3, 0.4) is 0 Å². The summed E-state index contributed by atoms with van der Waals surface area (Å²) in [5, 5.41) is 4.01. The van der Waals surface area contributed by atoms with Crippen LogP contribution in [0, 0.1) is 5.82 Å². The zero-order valence-corrected chi connectivity index (χ0v) is 16.2. The molecule has 1 fully saturated rings. The van der Waals surface area contributed by atoms with Crippen LogP contribution in [0.2, 0.25) is 0 Å². The molecule has 0 bridgehead atoms. The number of rotatable bonds is 6. The van der Waals surface area contributed by atoms with Crippen LogP contribution in [0.15, 0.2) is 53.1 Å². The molecule has 0 N–H and O–H groups in total. The molecule has 3 aromatic rings. The number of nitrogens with zero attached hydrogens (tertiary/aromatic N) is 3. The van der Waals surface area contributed by atoms with Gasteiger partial charge in [-0.2, -0.15) is 4.98 Å². The number of ether oxygens (including phenoxy) is 1. The Bertz CT molecular complexity index is 970. The van der Waals surface area contributed by atoms with Crippen molar-refractivity contribution in [2.45, 2.75) is 31.7 Å². The van der Waals surface area contributed by atoms with E-state index in [0.717, 1.165) is 24.2 Å². The van der Waals surface area contributed by atoms with Crippen LogP contribution in [0.4, 0.5) is 4.39 Å². The quantitative estimate of drug-likeness (QED) is 0.626. The standard InChI is InChI=1S/C22H22FN3O3/c1-28-18-11-4-15(5-12-18)6-13-20(27)26-14-2-3-19(26)22-24-21(25-29-22)16-7-9-17(23)10-8-16/h4-5,7-12,19H,2-3,6,13-14H2,1H3/t19-/m1/s1. The van der Waals surface area contributed by atoms with Gasteiger partial charge in [-0.15, -0.1) is 0 Å². The third kappa shape index (κ3) is 4.29. The molecular weight excluding hydrogens is 373 g/mol. The Morgan fingerprint density at radius 3 is 2.69 bits per heavy atom. The first-order valence-electron chi connectivity index (χ1n) is 9.66.